The molecule has 0 aliphatic heterocycles. The van der Waals surface area contributed by atoms with Crippen LogP contribution in [0.2, 0.25) is 0 Å². The highest BCUT2D eigenvalue weighted by Crippen LogP contribution is 2.39. The van der Waals surface area contributed by atoms with Crippen LogP contribution in [0.4, 0.5) is 14.5 Å². The molecule has 98 valence electrons. The lowest BCUT2D eigenvalue weighted by atomic mass is 9.70. The van der Waals surface area contributed by atoms with Crippen LogP contribution in [0.25, 0.3) is 0 Å². The molecule has 0 spiro atoms. The molecule has 0 aromatic heterocycles. The summed E-state index contributed by atoms with van der Waals surface area (Å²) in [6.07, 6.45) is 3.31. The lowest BCUT2D eigenvalue weighted by molar-refractivity contribution is 0.0891. The van der Waals surface area contributed by atoms with Gasteiger partial charge in [-0.15, -0.1) is 0 Å². The minimum Gasteiger partial charge on any atom is -0.398 e. The van der Waals surface area contributed by atoms with Gasteiger partial charge in [0.15, 0.2) is 11.6 Å². The summed E-state index contributed by atoms with van der Waals surface area (Å²) in [4.78, 5) is 11.8. The summed E-state index contributed by atoms with van der Waals surface area (Å²) in [6.45, 7) is 2.62. The fourth-order valence-electron chi connectivity index (χ4n) is 2.10. The average molecular weight is 254 g/mol. The Kier molecular flexibility index (Phi) is 3.24. The average Bonchev–Trinajstić information content (AvgIpc) is 2.28. The van der Waals surface area contributed by atoms with Gasteiger partial charge in [0.2, 0.25) is 0 Å². The number of hydrogen-bond acceptors (Lipinski definition) is 2. The van der Waals surface area contributed by atoms with Crippen molar-refractivity contribution in [2.45, 2.75) is 26.2 Å². The van der Waals surface area contributed by atoms with Gasteiger partial charge in [-0.2, -0.15) is 0 Å². The zero-order chi connectivity index (χ0) is 13.3. The molecule has 1 fully saturated rings. The molecule has 0 saturated heterocycles. The Hall–Kier alpha value is -1.65. The molecule has 0 heterocycles. The molecule has 5 heteroatoms. The van der Waals surface area contributed by atoms with E-state index in [0.717, 1.165) is 25.0 Å². The second-order valence-corrected chi connectivity index (χ2v) is 5.20. The summed E-state index contributed by atoms with van der Waals surface area (Å²) in [5.74, 6) is -2.57. The van der Waals surface area contributed by atoms with E-state index < -0.39 is 17.5 Å². The van der Waals surface area contributed by atoms with Crippen LogP contribution in [0.1, 0.15) is 36.5 Å². The quantitative estimate of drug-likeness (QED) is 0.814. The minimum atomic E-state index is -1.07. The molecule has 3 N–H and O–H groups in total. The fourth-order valence-corrected chi connectivity index (χ4v) is 2.10. The number of rotatable bonds is 3. The topological polar surface area (TPSA) is 55.1 Å². The van der Waals surface area contributed by atoms with E-state index in [4.69, 9.17) is 5.73 Å². The van der Waals surface area contributed by atoms with E-state index in [-0.39, 0.29) is 16.7 Å². The highest BCUT2D eigenvalue weighted by molar-refractivity contribution is 5.99. The maximum atomic E-state index is 13.1. The van der Waals surface area contributed by atoms with Crippen LogP contribution < -0.4 is 11.1 Å². The maximum Gasteiger partial charge on any atom is 0.253 e. The number of nitrogens with two attached hydrogens (primary N) is 1. The molecule has 0 radical (unpaired) electrons. The Bertz CT molecular complexity index is 484. The highest BCUT2D eigenvalue weighted by atomic mass is 19.2. The Labute approximate surface area is 104 Å². The van der Waals surface area contributed by atoms with Gasteiger partial charge < -0.3 is 11.1 Å². The van der Waals surface area contributed by atoms with Crippen molar-refractivity contribution >= 4 is 11.6 Å². The molecule has 18 heavy (non-hydrogen) atoms. The van der Waals surface area contributed by atoms with E-state index >= 15 is 0 Å². The van der Waals surface area contributed by atoms with E-state index in [1.54, 1.807) is 0 Å². The van der Waals surface area contributed by atoms with Gasteiger partial charge in [0, 0.05) is 18.3 Å². The van der Waals surface area contributed by atoms with Crippen molar-refractivity contribution in [3.8, 4) is 0 Å². The number of nitrogen functional groups attached to an aromatic ring is 1. The Balaban J connectivity index is 2.06. The first-order valence-corrected chi connectivity index (χ1v) is 5.94. The van der Waals surface area contributed by atoms with E-state index in [9.17, 15) is 13.6 Å². The molecular formula is C13H16F2N2O. The monoisotopic (exact) mass is 254 g/mol. The van der Waals surface area contributed by atoms with E-state index in [1.807, 2.05) is 0 Å². The summed E-state index contributed by atoms with van der Waals surface area (Å²) < 4.78 is 25.9. The summed E-state index contributed by atoms with van der Waals surface area (Å²) in [5.41, 5.74) is 5.57. The lowest BCUT2D eigenvalue weighted by Gasteiger charge is -2.38. The maximum absolute atomic E-state index is 13.1. The number of carbonyl (C=O) groups excluding carboxylic acids is 1. The number of benzene rings is 1. The minimum absolute atomic E-state index is 0.0168. The Morgan fingerprint density at radius 2 is 2.00 bits per heavy atom. The van der Waals surface area contributed by atoms with Crippen LogP contribution in [0.3, 0.4) is 0 Å². The third-order valence-corrected chi connectivity index (χ3v) is 3.57. The number of nitrogens with one attached hydrogen (secondary N) is 1. The first-order valence-electron chi connectivity index (χ1n) is 5.94. The predicted molar refractivity (Wildman–Crippen MR) is 65.1 cm³/mol. The second-order valence-electron chi connectivity index (χ2n) is 5.20. The van der Waals surface area contributed by atoms with Crippen molar-refractivity contribution < 1.29 is 13.6 Å². The molecule has 0 atom stereocenters. The zero-order valence-corrected chi connectivity index (χ0v) is 10.2. The van der Waals surface area contributed by atoms with Crippen molar-refractivity contribution in [1.29, 1.82) is 0 Å². The first-order chi connectivity index (χ1) is 8.41. The van der Waals surface area contributed by atoms with Gasteiger partial charge in [-0.25, -0.2) is 8.78 Å². The number of amides is 1. The van der Waals surface area contributed by atoms with Crippen LogP contribution in [0.15, 0.2) is 12.1 Å². The van der Waals surface area contributed by atoms with Crippen LogP contribution in [0.5, 0.6) is 0 Å². The Morgan fingerprint density at radius 3 is 2.56 bits per heavy atom. The molecule has 1 aromatic rings. The third kappa shape index (κ3) is 2.44. The second kappa shape index (κ2) is 4.55. The molecular weight excluding hydrogens is 238 g/mol. The lowest BCUT2D eigenvalue weighted by Crippen LogP contribution is -2.40. The van der Waals surface area contributed by atoms with Gasteiger partial charge >= 0.3 is 0 Å². The molecule has 1 aromatic carbocycles. The smallest absolute Gasteiger partial charge is 0.253 e. The summed E-state index contributed by atoms with van der Waals surface area (Å²) in [6, 6.07) is 1.67. The number of carbonyl (C=O) groups is 1. The van der Waals surface area contributed by atoms with Gasteiger partial charge in [-0.05, 0) is 24.3 Å². The summed E-state index contributed by atoms with van der Waals surface area (Å²) in [5, 5.41) is 2.72. The molecule has 1 saturated carbocycles. The van der Waals surface area contributed by atoms with Crippen molar-refractivity contribution in [1.82, 2.24) is 5.32 Å². The molecule has 3 nitrogen and oxygen atoms in total. The molecule has 1 amide bonds. The normalized spacial score (nSPS) is 17.1. The Morgan fingerprint density at radius 1 is 1.39 bits per heavy atom. The van der Waals surface area contributed by atoms with Crippen LogP contribution in [-0.4, -0.2) is 12.5 Å². The van der Waals surface area contributed by atoms with E-state index in [2.05, 4.69) is 12.2 Å². The van der Waals surface area contributed by atoms with Gasteiger partial charge in [-0.1, -0.05) is 13.3 Å². The van der Waals surface area contributed by atoms with Gasteiger partial charge in [-0.3, -0.25) is 4.79 Å². The highest BCUT2D eigenvalue weighted by Gasteiger charge is 2.32. The van der Waals surface area contributed by atoms with Gasteiger partial charge in [0.1, 0.15) is 0 Å². The molecule has 1 aliphatic carbocycles. The molecule has 0 unspecified atom stereocenters. The van der Waals surface area contributed by atoms with Gasteiger partial charge in [0.05, 0.1) is 5.56 Å². The van der Waals surface area contributed by atoms with Crippen molar-refractivity contribution in [3.05, 3.63) is 29.3 Å². The third-order valence-electron chi connectivity index (χ3n) is 3.57. The van der Waals surface area contributed by atoms with Crippen LogP contribution in [-0.2, 0) is 0 Å². The molecule has 0 bridgehead atoms. The molecule has 2 rings (SSSR count). The largest absolute Gasteiger partial charge is 0.398 e. The first kappa shape index (κ1) is 12.8. The number of hydrogen-bond donors (Lipinski definition) is 2. The number of halogens is 2. The van der Waals surface area contributed by atoms with Crippen molar-refractivity contribution in [2.24, 2.45) is 5.41 Å². The predicted octanol–water partition coefficient (Wildman–Crippen LogP) is 2.47. The van der Waals surface area contributed by atoms with Gasteiger partial charge in [0.25, 0.3) is 5.91 Å². The standard InChI is InChI=1S/C13H16F2N2O/c1-13(3-2-4-13)7-17-12(18)8-5-9(14)10(15)6-11(8)16/h5-6H,2-4,7,16H2,1H3,(H,17,18). The fraction of sp³-hybridized carbons (Fsp3) is 0.462. The molecule has 1 aliphatic rings. The van der Waals surface area contributed by atoms with Crippen LogP contribution >= 0.6 is 0 Å². The van der Waals surface area contributed by atoms with Crippen molar-refractivity contribution in [2.75, 3.05) is 12.3 Å². The van der Waals surface area contributed by atoms with Crippen LogP contribution in [0, 0.1) is 17.0 Å². The number of anilines is 1. The van der Waals surface area contributed by atoms with Crippen molar-refractivity contribution in [3.63, 3.8) is 0 Å². The SMILES string of the molecule is CC1(CNC(=O)c2cc(F)c(F)cc2N)CCC1. The van der Waals surface area contributed by atoms with E-state index in [1.165, 1.54) is 6.42 Å². The summed E-state index contributed by atoms with van der Waals surface area (Å²) >= 11 is 0. The summed E-state index contributed by atoms with van der Waals surface area (Å²) in [7, 11) is 0. The van der Waals surface area contributed by atoms with E-state index in [0.29, 0.717) is 6.54 Å². The zero-order valence-electron chi connectivity index (χ0n) is 10.2.